The summed E-state index contributed by atoms with van der Waals surface area (Å²) in [5, 5.41) is 3.53. The molecule has 28 heavy (non-hydrogen) atoms. The summed E-state index contributed by atoms with van der Waals surface area (Å²) in [6.07, 6.45) is 0. The number of hydrogen-bond donors (Lipinski definition) is 1. The Morgan fingerprint density at radius 3 is 2.64 bits per heavy atom. The van der Waals surface area contributed by atoms with Gasteiger partial charge in [-0.3, -0.25) is 9.69 Å². The first kappa shape index (κ1) is 18.7. The number of methoxy groups -OCH3 is 1. The standard InChI is InChI=1S/C21H24N4O2S/c1-27-18-8-4-3-7-17(18)25-14-12-24(13-15-25)11-10-22-20(26)21-23-16-6-2-5-9-19(16)28-21/h2-9H,10-15H2,1H3,(H,22,26). The number of nitrogens with zero attached hydrogens (tertiary/aromatic N) is 3. The number of amides is 1. The van der Waals surface area contributed by atoms with E-state index in [2.05, 4.69) is 26.2 Å². The van der Waals surface area contributed by atoms with Crippen LogP contribution in [-0.2, 0) is 0 Å². The molecule has 0 radical (unpaired) electrons. The Labute approximate surface area is 168 Å². The Kier molecular flexibility index (Phi) is 5.73. The molecule has 1 aliphatic heterocycles. The maximum Gasteiger partial charge on any atom is 0.280 e. The second-order valence-electron chi connectivity index (χ2n) is 6.74. The topological polar surface area (TPSA) is 57.7 Å². The molecule has 2 heterocycles. The van der Waals surface area contributed by atoms with E-state index in [4.69, 9.17) is 4.74 Å². The van der Waals surface area contributed by atoms with Crippen LogP contribution in [0.5, 0.6) is 5.75 Å². The molecule has 1 amide bonds. The van der Waals surface area contributed by atoms with Gasteiger partial charge in [-0.05, 0) is 24.3 Å². The number of ether oxygens (including phenoxy) is 1. The lowest BCUT2D eigenvalue weighted by molar-refractivity contribution is 0.0947. The summed E-state index contributed by atoms with van der Waals surface area (Å²) in [5.41, 5.74) is 2.03. The summed E-state index contributed by atoms with van der Waals surface area (Å²) < 4.78 is 6.51. The number of carbonyl (C=O) groups excluding carboxylic acids is 1. The van der Waals surface area contributed by atoms with Crippen LogP contribution in [0.4, 0.5) is 5.69 Å². The molecule has 0 unspecified atom stereocenters. The molecule has 3 aromatic rings. The van der Waals surface area contributed by atoms with Gasteiger partial charge in [0.15, 0.2) is 5.01 Å². The fourth-order valence-corrected chi connectivity index (χ4v) is 4.36. The minimum atomic E-state index is -0.0890. The molecule has 6 nitrogen and oxygen atoms in total. The molecule has 1 N–H and O–H groups in total. The van der Waals surface area contributed by atoms with Crippen molar-refractivity contribution in [3.05, 3.63) is 53.5 Å². The SMILES string of the molecule is COc1ccccc1N1CCN(CCNC(=O)c2nc3ccccc3s2)CC1. The van der Waals surface area contributed by atoms with Gasteiger partial charge in [0, 0.05) is 39.3 Å². The largest absolute Gasteiger partial charge is 0.495 e. The number of thiazole rings is 1. The number of para-hydroxylation sites is 3. The summed E-state index contributed by atoms with van der Waals surface area (Å²) in [6.45, 7) is 5.31. The fraction of sp³-hybridized carbons (Fsp3) is 0.333. The number of benzene rings is 2. The number of piperazine rings is 1. The van der Waals surface area contributed by atoms with Crippen molar-refractivity contribution in [2.24, 2.45) is 0 Å². The molecule has 0 aliphatic carbocycles. The van der Waals surface area contributed by atoms with Crippen LogP contribution in [0.3, 0.4) is 0 Å². The minimum Gasteiger partial charge on any atom is -0.495 e. The summed E-state index contributed by atoms with van der Waals surface area (Å²) >= 11 is 1.44. The van der Waals surface area contributed by atoms with E-state index in [1.165, 1.54) is 11.3 Å². The Morgan fingerprint density at radius 1 is 1.11 bits per heavy atom. The van der Waals surface area contributed by atoms with Gasteiger partial charge in [0.05, 0.1) is 23.0 Å². The van der Waals surface area contributed by atoms with Crippen LogP contribution in [0.15, 0.2) is 48.5 Å². The molecule has 0 saturated carbocycles. The third kappa shape index (κ3) is 4.10. The molecule has 0 atom stereocenters. The van der Waals surface area contributed by atoms with Crippen LogP contribution in [0.1, 0.15) is 9.80 Å². The highest BCUT2D eigenvalue weighted by atomic mass is 32.1. The molecule has 2 aromatic carbocycles. The summed E-state index contributed by atoms with van der Waals surface area (Å²) in [5.74, 6) is 0.827. The van der Waals surface area contributed by atoms with Gasteiger partial charge in [-0.2, -0.15) is 0 Å². The van der Waals surface area contributed by atoms with Gasteiger partial charge < -0.3 is 15.0 Å². The average Bonchev–Trinajstić information content (AvgIpc) is 3.19. The smallest absolute Gasteiger partial charge is 0.280 e. The van der Waals surface area contributed by atoms with E-state index in [1.807, 2.05) is 42.5 Å². The predicted molar refractivity (Wildman–Crippen MR) is 114 cm³/mol. The number of hydrogen-bond acceptors (Lipinski definition) is 6. The average molecular weight is 397 g/mol. The van der Waals surface area contributed by atoms with Crippen molar-refractivity contribution < 1.29 is 9.53 Å². The summed E-state index contributed by atoms with van der Waals surface area (Å²) in [7, 11) is 1.71. The lowest BCUT2D eigenvalue weighted by Crippen LogP contribution is -2.48. The molecule has 146 valence electrons. The van der Waals surface area contributed by atoms with Gasteiger partial charge in [0.25, 0.3) is 5.91 Å². The second-order valence-corrected chi connectivity index (χ2v) is 7.77. The number of aromatic nitrogens is 1. The van der Waals surface area contributed by atoms with Gasteiger partial charge in [0.1, 0.15) is 5.75 Å². The van der Waals surface area contributed by atoms with Crippen LogP contribution in [0, 0.1) is 0 Å². The van der Waals surface area contributed by atoms with Crippen molar-refractivity contribution in [2.45, 2.75) is 0 Å². The summed E-state index contributed by atoms with van der Waals surface area (Å²) in [4.78, 5) is 21.5. The molecule has 0 bridgehead atoms. The first-order valence-electron chi connectivity index (χ1n) is 9.48. The molecule has 0 spiro atoms. The lowest BCUT2D eigenvalue weighted by Gasteiger charge is -2.36. The first-order valence-corrected chi connectivity index (χ1v) is 10.3. The fourth-order valence-electron chi connectivity index (χ4n) is 3.48. The van der Waals surface area contributed by atoms with E-state index in [0.29, 0.717) is 11.6 Å². The highest BCUT2D eigenvalue weighted by molar-refractivity contribution is 7.20. The van der Waals surface area contributed by atoms with E-state index in [0.717, 1.165) is 54.4 Å². The van der Waals surface area contributed by atoms with Crippen molar-refractivity contribution in [2.75, 3.05) is 51.3 Å². The first-order chi connectivity index (χ1) is 13.7. The number of nitrogens with one attached hydrogen (secondary N) is 1. The molecular formula is C21H24N4O2S. The van der Waals surface area contributed by atoms with E-state index >= 15 is 0 Å². The van der Waals surface area contributed by atoms with Crippen LogP contribution in [-0.4, -0.2) is 62.2 Å². The van der Waals surface area contributed by atoms with E-state index in [9.17, 15) is 4.79 Å². The molecule has 1 aromatic heterocycles. The molecule has 1 aliphatic rings. The van der Waals surface area contributed by atoms with Gasteiger partial charge in [-0.15, -0.1) is 11.3 Å². The quantitative estimate of drug-likeness (QED) is 0.694. The second kappa shape index (κ2) is 8.58. The molecule has 1 fully saturated rings. The van der Waals surface area contributed by atoms with Crippen molar-refractivity contribution in [3.63, 3.8) is 0 Å². The van der Waals surface area contributed by atoms with Gasteiger partial charge in [-0.1, -0.05) is 24.3 Å². The Morgan fingerprint density at radius 2 is 1.86 bits per heavy atom. The monoisotopic (exact) mass is 396 g/mol. The number of rotatable bonds is 6. The van der Waals surface area contributed by atoms with E-state index in [-0.39, 0.29) is 5.91 Å². The molecular weight excluding hydrogens is 372 g/mol. The third-order valence-electron chi connectivity index (χ3n) is 5.00. The van der Waals surface area contributed by atoms with Gasteiger partial charge >= 0.3 is 0 Å². The normalized spacial score (nSPS) is 15.0. The van der Waals surface area contributed by atoms with E-state index in [1.54, 1.807) is 7.11 Å². The zero-order valence-electron chi connectivity index (χ0n) is 15.9. The Bertz CT molecular complexity index is 917. The molecule has 4 rings (SSSR count). The van der Waals surface area contributed by atoms with Gasteiger partial charge in [-0.25, -0.2) is 4.98 Å². The van der Waals surface area contributed by atoms with Crippen LogP contribution >= 0.6 is 11.3 Å². The maximum atomic E-state index is 12.4. The van der Waals surface area contributed by atoms with Gasteiger partial charge in [0.2, 0.25) is 0 Å². The number of carbonyl (C=O) groups is 1. The highest BCUT2D eigenvalue weighted by Crippen LogP contribution is 2.28. The number of anilines is 1. The van der Waals surface area contributed by atoms with Crippen molar-refractivity contribution >= 4 is 33.1 Å². The third-order valence-corrected chi connectivity index (χ3v) is 6.04. The lowest BCUT2D eigenvalue weighted by atomic mass is 10.2. The van der Waals surface area contributed by atoms with E-state index < -0.39 is 0 Å². The minimum absolute atomic E-state index is 0.0890. The summed E-state index contributed by atoms with van der Waals surface area (Å²) in [6, 6.07) is 16.0. The number of fused-ring (bicyclic) bond motifs is 1. The Balaban J connectivity index is 1.25. The van der Waals surface area contributed by atoms with Crippen molar-refractivity contribution in [1.82, 2.24) is 15.2 Å². The molecule has 7 heteroatoms. The predicted octanol–water partition coefficient (Wildman–Crippen LogP) is 2.86. The molecule has 1 saturated heterocycles. The zero-order chi connectivity index (χ0) is 19.3. The Hall–Kier alpha value is -2.64. The highest BCUT2D eigenvalue weighted by Gasteiger charge is 2.19. The van der Waals surface area contributed by atoms with Crippen LogP contribution < -0.4 is 15.0 Å². The maximum absolute atomic E-state index is 12.4. The van der Waals surface area contributed by atoms with Crippen LogP contribution in [0.2, 0.25) is 0 Å². The zero-order valence-corrected chi connectivity index (χ0v) is 16.7. The van der Waals surface area contributed by atoms with Crippen molar-refractivity contribution in [3.8, 4) is 5.75 Å². The van der Waals surface area contributed by atoms with Crippen LogP contribution in [0.25, 0.3) is 10.2 Å². The van der Waals surface area contributed by atoms with Crippen molar-refractivity contribution in [1.29, 1.82) is 0 Å².